The van der Waals surface area contributed by atoms with Crippen LogP contribution < -0.4 is 9.64 Å². The number of anilines is 1. The number of benzene rings is 2. The molecule has 9 heteroatoms. The number of nitrogens with zero attached hydrogens (tertiary/aromatic N) is 3. The van der Waals surface area contributed by atoms with Crippen LogP contribution in [0.3, 0.4) is 0 Å². The number of methoxy groups -OCH3 is 1. The molecular formula is C20H19N3O5S. The standard InChI is InChI=1S/C20H19N3O5S/c1-22(2)18-8-7-15(23(25)26)10-17(18)20(24)28-11-14-12-29-19(21-14)13-5-4-6-16(9-13)27-3/h4-10,12H,11H2,1-3H3. The zero-order chi connectivity index (χ0) is 21.0. The Bertz CT molecular complexity index is 1050. The van der Waals surface area contributed by atoms with Gasteiger partial charge in [0.1, 0.15) is 17.4 Å². The van der Waals surface area contributed by atoms with Gasteiger partial charge in [-0.15, -0.1) is 11.3 Å². The van der Waals surface area contributed by atoms with Crippen LogP contribution in [0.5, 0.6) is 5.75 Å². The minimum atomic E-state index is -0.645. The maximum Gasteiger partial charge on any atom is 0.340 e. The van der Waals surface area contributed by atoms with Crippen LogP contribution in [-0.2, 0) is 11.3 Å². The molecule has 0 radical (unpaired) electrons. The molecule has 29 heavy (non-hydrogen) atoms. The first-order valence-electron chi connectivity index (χ1n) is 8.60. The summed E-state index contributed by atoms with van der Waals surface area (Å²) in [5.74, 6) is 0.0842. The van der Waals surface area contributed by atoms with E-state index in [0.717, 1.165) is 16.3 Å². The SMILES string of the molecule is COc1cccc(-c2nc(COC(=O)c3cc([N+](=O)[O-])ccc3N(C)C)cs2)c1. The maximum absolute atomic E-state index is 12.6. The minimum absolute atomic E-state index is 0.0329. The van der Waals surface area contributed by atoms with Crippen LogP contribution in [0.2, 0.25) is 0 Å². The molecule has 2 aromatic carbocycles. The molecule has 3 rings (SSSR count). The van der Waals surface area contributed by atoms with Gasteiger partial charge in [0.25, 0.3) is 5.69 Å². The van der Waals surface area contributed by atoms with Gasteiger partial charge < -0.3 is 14.4 Å². The molecular weight excluding hydrogens is 394 g/mol. The predicted octanol–water partition coefficient (Wildman–Crippen LogP) is 4.15. The van der Waals surface area contributed by atoms with Crippen LogP contribution in [0.15, 0.2) is 47.8 Å². The molecule has 0 saturated heterocycles. The Morgan fingerprint density at radius 1 is 1.24 bits per heavy atom. The monoisotopic (exact) mass is 413 g/mol. The molecule has 0 saturated carbocycles. The third-order valence-electron chi connectivity index (χ3n) is 4.11. The largest absolute Gasteiger partial charge is 0.497 e. The summed E-state index contributed by atoms with van der Waals surface area (Å²) < 4.78 is 10.6. The van der Waals surface area contributed by atoms with Crippen molar-refractivity contribution in [2.45, 2.75) is 6.61 Å². The van der Waals surface area contributed by atoms with Gasteiger partial charge in [0, 0.05) is 37.2 Å². The Morgan fingerprint density at radius 3 is 2.72 bits per heavy atom. The van der Waals surface area contributed by atoms with Crippen LogP contribution in [0.4, 0.5) is 11.4 Å². The number of non-ortho nitro benzene ring substituents is 1. The number of thiazole rings is 1. The van der Waals surface area contributed by atoms with Crippen molar-refractivity contribution < 1.29 is 19.2 Å². The molecule has 0 atom stereocenters. The van der Waals surface area contributed by atoms with E-state index in [4.69, 9.17) is 9.47 Å². The second kappa shape index (κ2) is 8.70. The van der Waals surface area contributed by atoms with Gasteiger partial charge in [-0.2, -0.15) is 0 Å². The highest BCUT2D eigenvalue weighted by molar-refractivity contribution is 7.13. The van der Waals surface area contributed by atoms with Crippen LogP contribution in [-0.4, -0.2) is 37.1 Å². The Labute approximate surface area is 171 Å². The van der Waals surface area contributed by atoms with E-state index in [9.17, 15) is 14.9 Å². The Kier molecular flexibility index (Phi) is 6.08. The van der Waals surface area contributed by atoms with E-state index < -0.39 is 10.9 Å². The molecule has 0 bridgehead atoms. The highest BCUT2D eigenvalue weighted by Gasteiger charge is 2.19. The normalized spacial score (nSPS) is 10.4. The van der Waals surface area contributed by atoms with Crippen molar-refractivity contribution in [1.29, 1.82) is 0 Å². The molecule has 150 valence electrons. The van der Waals surface area contributed by atoms with Crippen molar-refractivity contribution in [2.75, 3.05) is 26.1 Å². The Balaban J connectivity index is 1.75. The number of carbonyl (C=O) groups excluding carboxylic acids is 1. The fourth-order valence-corrected chi connectivity index (χ4v) is 3.47. The number of aromatic nitrogens is 1. The van der Waals surface area contributed by atoms with Crippen LogP contribution in [0.25, 0.3) is 10.6 Å². The Hall–Kier alpha value is -3.46. The number of rotatable bonds is 7. The number of hydrogen-bond donors (Lipinski definition) is 0. The lowest BCUT2D eigenvalue weighted by molar-refractivity contribution is -0.384. The number of esters is 1. The maximum atomic E-state index is 12.6. The van der Waals surface area contributed by atoms with E-state index in [1.807, 2.05) is 29.6 Å². The van der Waals surface area contributed by atoms with Gasteiger partial charge in [-0.05, 0) is 18.2 Å². The molecule has 1 heterocycles. The summed E-state index contributed by atoms with van der Waals surface area (Å²) in [4.78, 5) is 29.3. The average molecular weight is 413 g/mol. The summed E-state index contributed by atoms with van der Waals surface area (Å²) in [5.41, 5.74) is 2.00. The van der Waals surface area contributed by atoms with Gasteiger partial charge >= 0.3 is 5.97 Å². The lowest BCUT2D eigenvalue weighted by Crippen LogP contribution is -2.16. The second-order valence-corrected chi connectivity index (χ2v) is 7.16. The van der Waals surface area contributed by atoms with E-state index in [1.165, 1.54) is 29.5 Å². The Morgan fingerprint density at radius 2 is 2.03 bits per heavy atom. The molecule has 0 aliphatic heterocycles. The highest BCUT2D eigenvalue weighted by atomic mass is 32.1. The smallest absolute Gasteiger partial charge is 0.340 e. The van der Waals surface area contributed by atoms with Crippen molar-refractivity contribution in [2.24, 2.45) is 0 Å². The first-order chi connectivity index (χ1) is 13.9. The van der Waals surface area contributed by atoms with Gasteiger partial charge in [0.15, 0.2) is 0 Å². The second-order valence-electron chi connectivity index (χ2n) is 6.31. The third-order valence-corrected chi connectivity index (χ3v) is 5.05. The van der Waals surface area contributed by atoms with Gasteiger partial charge in [0.05, 0.1) is 29.0 Å². The molecule has 0 unspecified atom stereocenters. The molecule has 8 nitrogen and oxygen atoms in total. The predicted molar refractivity (Wildman–Crippen MR) is 111 cm³/mol. The fraction of sp³-hybridized carbons (Fsp3) is 0.200. The zero-order valence-corrected chi connectivity index (χ0v) is 16.9. The van der Waals surface area contributed by atoms with Crippen molar-refractivity contribution >= 4 is 28.7 Å². The number of nitro groups is 1. The molecule has 3 aromatic rings. The molecule has 0 amide bonds. The van der Waals surface area contributed by atoms with Crippen molar-refractivity contribution in [1.82, 2.24) is 4.98 Å². The molecule has 0 fully saturated rings. The average Bonchev–Trinajstić information content (AvgIpc) is 3.20. The molecule has 1 aromatic heterocycles. The summed E-state index contributed by atoms with van der Waals surface area (Å²) in [6.45, 7) is -0.0329. The highest BCUT2D eigenvalue weighted by Crippen LogP contribution is 2.28. The van der Waals surface area contributed by atoms with Crippen molar-refractivity contribution in [3.8, 4) is 16.3 Å². The molecule has 0 spiro atoms. The van der Waals surface area contributed by atoms with Crippen molar-refractivity contribution in [3.05, 3.63) is 69.2 Å². The van der Waals surface area contributed by atoms with E-state index in [2.05, 4.69) is 4.98 Å². The van der Waals surface area contributed by atoms with Crippen LogP contribution in [0, 0.1) is 10.1 Å². The number of ether oxygens (including phenoxy) is 2. The fourth-order valence-electron chi connectivity index (χ4n) is 2.67. The topological polar surface area (TPSA) is 94.8 Å². The summed E-state index contributed by atoms with van der Waals surface area (Å²) in [5, 5.41) is 13.6. The van der Waals surface area contributed by atoms with E-state index in [-0.39, 0.29) is 17.9 Å². The number of hydrogen-bond acceptors (Lipinski definition) is 8. The number of carbonyl (C=O) groups is 1. The van der Waals surface area contributed by atoms with E-state index in [1.54, 1.807) is 26.1 Å². The first-order valence-corrected chi connectivity index (χ1v) is 9.48. The molecule has 0 aliphatic carbocycles. The minimum Gasteiger partial charge on any atom is -0.497 e. The molecule has 0 aliphatic rings. The summed E-state index contributed by atoms with van der Waals surface area (Å²) >= 11 is 1.43. The van der Waals surface area contributed by atoms with E-state index in [0.29, 0.717) is 11.4 Å². The van der Waals surface area contributed by atoms with Gasteiger partial charge in [-0.1, -0.05) is 12.1 Å². The lowest BCUT2D eigenvalue weighted by atomic mass is 10.1. The zero-order valence-electron chi connectivity index (χ0n) is 16.1. The van der Waals surface area contributed by atoms with E-state index >= 15 is 0 Å². The summed E-state index contributed by atoms with van der Waals surface area (Å²) in [6, 6.07) is 11.6. The van der Waals surface area contributed by atoms with Crippen LogP contribution in [0.1, 0.15) is 16.1 Å². The van der Waals surface area contributed by atoms with Crippen LogP contribution >= 0.6 is 11.3 Å². The van der Waals surface area contributed by atoms with Gasteiger partial charge in [-0.3, -0.25) is 10.1 Å². The summed E-state index contributed by atoms with van der Waals surface area (Å²) in [7, 11) is 5.10. The van der Waals surface area contributed by atoms with Crippen molar-refractivity contribution in [3.63, 3.8) is 0 Å². The quantitative estimate of drug-likeness (QED) is 0.326. The van der Waals surface area contributed by atoms with Gasteiger partial charge in [-0.25, -0.2) is 9.78 Å². The first kappa shape index (κ1) is 20.3. The molecule has 0 N–H and O–H groups in total. The lowest BCUT2D eigenvalue weighted by Gasteiger charge is -2.16. The third kappa shape index (κ3) is 4.69. The summed E-state index contributed by atoms with van der Waals surface area (Å²) in [6.07, 6.45) is 0. The van der Waals surface area contributed by atoms with Gasteiger partial charge in [0.2, 0.25) is 0 Å². The number of nitro benzene ring substituents is 1.